The van der Waals surface area contributed by atoms with Crippen molar-refractivity contribution in [2.75, 3.05) is 13.1 Å². The van der Waals surface area contributed by atoms with Crippen LogP contribution in [0.4, 0.5) is 13.2 Å². The summed E-state index contributed by atoms with van der Waals surface area (Å²) in [6.07, 6.45) is -2.21. The zero-order chi connectivity index (χ0) is 23.8. The summed E-state index contributed by atoms with van der Waals surface area (Å²) < 4.78 is 52.5. The highest BCUT2D eigenvalue weighted by atomic mass is 19.4. The normalized spacial score (nSPS) is 19.1. The van der Waals surface area contributed by atoms with Gasteiger partial charge in [0.05, 0.1) is 24.0 Å². The predicted octanol–water partition coefficient (Wildman–Crippen LogP) is 4.69. The Morgan fingerprint density at radius 1 is 1.12 bits per heavy atom. The van der Waals surface area contributed by atoms with E-state index in [1.165, 1.54) is 24.3 Å². The molecule has 0 saturated carbocycles. The molecule has 0 unspecified atom stereocenters. The summed E-state index contributed by atoms with van der Waals surface area (Å²) in [7, 11) is 0. The second kappa shape index (κ2) is 9.09. The van der Waals surface area contributed by atoms with E-state index in [9.17, 15) is 23.1 Å². The number of piperidine rings is 1. The van der Waals surface area contributed by atoms with Gasteiger partial charge in [-0.1, -0.05) is 26.0 Å². The number of rotatable bonds is 5. The van der Waals surface area contributed by atoms with Crippen LogP contribution in [0.25, 0.3) is 11.0 Å². The van der Waals surface area contributed by atoms with Gasteiger partial charge in [-0.05, 0) is 55.0 Å². The number of halogens is 3. The molecule has 1 aliphatic rings. The summed E-state index contributed by atoms with van der Waals surface area (Å²) in [5, 5.41) is 10.4. The molecule has 3 aromatic rings. The van der Waals surface area contributed by atoms with Gasteiger partial charge in [0, 0.05) is 0 Å². The fourth-order valence-corrected chi connectivity index (χ4v) is 4.24. The maximum absolute atomic E-state index is 13.9. The van der Waals surface area contributed by atoms with Crippen LogP contribution in [0.1, 0.15) is 43.6 Å². The van der Waals surface area contributed by atoms with E-state index < -0.39 is 23.1 Å². The molecule has 1 aromatic heterocycles. The van der Waals surface area contributed by atoms with Crippen LogP contribution in [0.2, 0.25) is 0 Å². The number of aryl methyl sites for hydroxylation is 1. The summed E-state index contributed by atoms with van der Waals surface area (Å²) in [5.41, 5.74) is 0.0240. The molecule has 0 amide bonds. The van der Waals surface area contributed by atoms with Crippen LogP contribution in [-0.4, -0.2) is 18.2 Å². The fraction of sp³-hybridized carbons (Fsp3) is 0.400. The summed E-state index contributed by atoms with van der Waals surface area (Å²) in [4.78, 5) is 14.3. The van der Waals surface area contributed by atoms with E-state index in [2.05, 4.69) is 6.92 Å². The standard InChI is InChI=1S/C25H26F3NO4/c1-3-16-4-6-17(7-5-16)32-23-21(31)18-8-9-20(30)19(14-29-12-10-15(2)11-13-29)22(18)33-24(23)25(26,27)28/h4-9,15,30H,3,10-14H2,1-2H3/p+1. The van der Waals surface area contributed by atoms with Crippen molar-refractivity contribution in [1.82, 2.24) is 0 Å². The molecule has 2 N–H and O–H groups in total. The van der Waals surface area contributed by atoms with Crippen molar-refractivity contribution in [3.05, 3.63) is 63.5 Å². The Labute approximate surface area is 189 Å². The second-order valence-corrected chi connectivity index (χ2v) is 8.74. The third-order valence-corrected chi connectivity index (χ3v) is 6.31. The molecule has 1 fully saturated rings. The van der Waals surface area contributed by atoms with Crippen molar-refractivity contribution in [2.45, 2.75) is 45.8 Å². The first kappa shape index (κ1) is 23.2. The SMILES string of the molecule is CCc1ccc(Oc2c(C(F)(F)F)oc3c(C[NH+]4CCC(C)CC4)c(O)ccc3c2=O)cc1. The van der Waals surface area contributed by atoms with Gasteiger partial charge in [-0.2, -0.15) is 13.2 Å². The fourth-order valence-electron chi connectivity index (χ4n) is 4.24. The van der Waals surface area contributed by atoms with Crippen LogP contribution >= 0.6 is 0 Å². The quantitative estimate of drug-likeness (QED) is 0.578. The first-order valence-electron chi connectivity index (χ1n) is 11.2. The van der Waals surface area contributed by atoms with Gasteiger partial charge in [-0.25, -0.2) is 0 Å². The third-order valence-electron chi connectivity index (χ3n) is 6.31. The lowest BCUT2D eigenvalue weighted by atomic mass is 9.98. The number of nitrogens with one attached hydrogen (secondary N) is 1. The predicted molar refractivity (Wildman–Crippen MR) is 118 cm³/mol. The Balaban J connectivity index is 1.81. The Kier molecular flexibility index (Phi) is 6.38. The first-order chi connectivity index (χ1) is 15.7. The van der Waals surface area contributed by atoms with E-state index in [1.54, 1.807) is 12.1 Å². The van der Waals surface area contributed by atoms with Gasteiger partial charge in [-0.3, -0.25) is 4.79 Å². The molecule has 0 atom stereocenters. The molecular formula is C25H27F3NO4+. The Morgan fingerprint density at radius 3 is 2.39 bits per heavy atom. The minimum absolute atomic E-state index is 0.0549. The van der Waals surface area contributed by atoms with E-state index in [0.29, 0.717) is 5.92 Å². The molecule has 0 bridgehead atoms. The van der Waals surface area contributed by atoms with Gasteiger partial charge in [0.25, 0.3) is 5.76 Å². The van der Waals surface area contributed by atoms with E-state index >= 15 is 0 Å². The van der Waals surface area contributed by atoms with E-state index in [-0.39, 0.29) is 34.6 Å². The molecule has 176 valence electrons. The number of phenolic OH excluding ortho intramolecular Hbond substituents is 1. The molecule has 4 rings (SSSR count). The van der Waals surface area contributed by atoms with Crippen LogP contribution in [0.15, 0.2) is 45.6 Å². The molecule has 1 aliphatic heterocycles. The van der Waals surface area contributed by atoms with Crippen molar-refractivity contribution in [2.24, 2.45) is 5.92 Å². The number of phenols is 1. The Morgan fingerprint density at radius 2 is 1.79 bits per heavy atom. The first-order valence-corrected chi connectivity index (χ1v) is 11.2. The average molecular weight is 462 g/mol. The molecule has 1 saturated heterocycles. The van der Waals surface area contributed by atoms with Crippen molar-refractivity contribution in [3.8, 4) is 17.2 Å². The minimum atomic E-state index is -4.96. The number of ether oxygens (including phenoxy) is 1. The number of likely N-dealkylation sites (tertiary alicyclic amines) is 1. The van der Waals surface area contributed by atoms with E-state index in [0.717, 1.165) is 42.8 Å². The monoisotopic (exact) mass is 462 g/mol. The maximum atomic E-state index is 13.9. The van der Waals surface area contributed by atoms with E-state index in [1.807, 2.05) is 6.92 Å². The van der Waals surface area contributed by atoms with Crippen LogP contribution in [-0.2, 0) is 19.1 Å². The molecule has 8 heteroatoms. The smallest absolute Gasteiger partial charge is 0.453 e. The van der Waals surface area contributed by atoms with E-state index in [4.69, 9.17) is 9.15 Å². The molecule has 2 aromatic carbocycles. The summed E-state index contributed by atoms with van der Waals surface area (Å²) >= 11 is 0. The molecule has 0 aliphatic carbocycles. The van der Waals surface area contributed by atoms with Crippen LogP contribution in [0, 0.1) is 5.92 Å². The highest BCUT2D eigenvalue weighted by molar-refractivity contribution is 5.83. The highest BCUT2D eigenvalue weighted by Crippen LogP contribution is 2.39. The van der Waals surface area contributed by atoms with Crippen LogP contribution in [0.5, 0.6) is 17.2 Å². The number of aromatic hydroxyl groups is 1. The number of fused-ring (bicyclic) bond motifs is 1. The lowest BCUT2D eigenvalue weighted by Crippen LogP contribution is -3.11. The molecule has 0 spiro atoms. The zero-order valence-electron chi connectivity index (χ0n) is 18.6. The number of benzene rings is 2. The van der Waals surface area contributed by atoms with Crippen molar-refractivity contribution < 1.29 is 32.3 Å². The average Bonchev–Trinajstić information content (AvgIpc) is 2.78. The lowest BCUT2D eigenvalue weighted by molar-refractivity contribution is -0.919. The summed E-state index contributed by atoms with van der Waals surface area (Å²) in [5.74, 6) is -1.90. The van der Waals surface area contributed by atoms with Gasteiger partial charge < -0.3 is 19.2 Å². The van der Waals surface area contributed by atoms with Crippen LogP contribution < -0.4 is 15.1 Å². The van der Waals surface area contributed by atoms with Crippen molar-refractivity contribution in [1.29, 1.82) is 0 Å². The largest absolute Gasteiger partial charge is 0.507 e. The Hall–Kier alpha value is -3.00. The topological polar surface area (TPSA) is 64.1 Å². The molecule has 0 radical (unpaired) electrons. The molecule has 2 heterocycles. The number of hydrogen-bond acceptors (Lipinski definition) is 4. The second-order valence-electron chi connectivity index (χ2n) is 8.74. The summed E-state index contributed by atoms with van der Waals surface area (Å²) in [6, 6.07) is 9.10. The summed E-state index contributed by atoms with van der Waals surface area (Å²) in [6.45, 7) is 6.06. The molecular weight excluding hydrogens is 435 g/mol. The maximum Gasteiger partial charge on any atom is 0.453 e. The van der Waals surface area contributed by atoms with Crippen molar-refractivity contribution >= 4 is 11.0 Å². The van der Waals surface area contributed by atoms with Gasteiger partial charge in [0.15, 0.2) is 5.58 Å². The third kappa shape index (κ3) is 4.85. The van der Waals surface area contributed by atoms with Gasteiger partial charge in [0.1, 0.15) is 18.0 Å². The number of alkyl halides is 3. The molecule has 33 heavy (non-hydrogen) atoms. The van der Waals surface area contributed by atoms with Gasteiger partial charge in [-0.15, -0.1) is 0 Å². The van der Waals surface area contributed by atoms with Crippen LogP contribution in [0.3, 0.4) is 0 Å². The lowest BCUT2D eigenvalue weighted by Gasteiger charge is -2.27. The minimum Gasteiger partial charge on any atom is -0.507 e. The van der Waals surface area contributed by atoms with Crippen molar-refractivity contribution in [3.63, 3.8) is 0 Å². The van der Waals surface area contributed by atoms with Gasteiger partial charge in [0.2, 0.25) is 11.2 Å². The zero-order valence-corrected chi connectivity index (χ0v) is 18.6. The Bertz CT molecular complexity index is 1190. The van der Waals surface area contributed by atoms with Gasteiger partial charge >= 0.3 is 6.18 Å². The molecule has 5 nitrogen and oxygen atoms in total. The number of quaternary nitrogens is 1. The highest BCUT2D eigenvalue weighted by Gasteiger charge is 2.41. The number of hydrogen-bond donors (Lipinski definition) is 2.